The first kappa shape index (κ1) is 32.5. The molecule has 0 aliphatic rings. The van der Waals surface area contributed by atoms with Crippen LogP contribution in [0.2, 0.25) is 0 Å². The molecule has 11 nitrogen and oxygen atoms in total. The second-order valence-electron chi connectivity index (χ2n) is 7.03. The Morgan fingerprint density at radius 2 is 1.10 bits per heavy atom. The summed E-state index contributed by atoms with van der Waals surface area (Å²) in [5.41, 5.74) is 4.75. The van der Waals surface area contributed by atoms with Gasteiger partial charge >= 0.3 is 29.6 Å². The van der Waals surface area contributed by atoms with Crippen LogP contribution >= 0.6 is 44.2 Å². The van der Waals surface area contributed by atoms with Gasteiger partial charge in [-0.1, -0.05) is 24.3 Å². The van der Waals surface area contributed by atoms with Crippen LogP contribution in [0.25, 0.3) is 45.8 Å². The average Bonchev–Trinajstić information content (AvgIpc) is 3.68. The Morgan fingerprint density at radius 3 is 1.59 bits per heavy atom. The summed E-state index contributed by atoms with van der Waals surface area (Å²) < 4.78 is 0.586. The standard InChI is InChI=1S/C12H8BrN5.C12H9N5.Br2.Na.H2O/c13-12-16-11(17-18-12)10-6-3-5-9(15-10)8-4-1-2-7-14-8;1-2-7-13-9(4-1)10-5-3-6-11(16-10)12-14-8-15-17-12;1-2;;/h1-7H,(H,16,17,18);1-8H,(H,14,15,17);;;1H2/q;;;+1;/p-1. The fraction of sp³-hybridized carbons (Fsp3) is 0. The van der Waals surface area contributed by atoms with E-state index in [1.54, 1.807) is 12.4 Å². The number of aromatic nitrogens is 10. The monoisotopic (exact) mass is 722 g/mol. The van der Waals surface area contributed by atoms with Crippen LogP contribution in [0.3, 0.4) is 0 Å². The van der Waals surface area contributed by atoms with Crippen LogP contribution in [-0.2, 0) is 0 Å². The van der Waals surface area contributed by atoms with E-state index < -0.39 is 0 Å². The molecule has 3 N–H and O–H groups in total. The predicted octanol–water partition coefficient (Wildman–Crippen LogP) is 3.14. The Bertz CT molecular complexity index is 1520. The second kappa shape index (κ2) is 17.1. The summed E-state index contributed by atoms with van der Waals surface area (Å²) in [6.45, 7) is 0. The molecule has 6 heterocycles. The molecule has 0 aromatic carbocycles. The third kappa shape index (κ3) is 9.17. The van der Waals surface area contributed by atoms with E-state index in [1.807, 2.05) is 72.8 Å². The van der Waals surface area contributed by atoms with Crippen molar-refractivity contribution < 1.29 is 35.0 Å². The van der Waals surface area contributed by atoms with Gasteiger partial charge in [-0.25, -0.2) is 15.0 Å². The number of nitrogens with one attached hydrogen (secondary N) is 2. The normalized spacial score (nSPS) is 9.51. The summed E-state index contributed by atoms with van der Waals surface area (Å²) in [7, 11) is 0. The maximum absolute atomic E-state index is 4.50. The molecule has 6 aromatic heterocycles. The molecular weight excluding hydrogens is 707 g/mol. The van der Waals surface area contributed by atoms with Crippen molar-refractivity contribution in [3.8, 4) is 45.8 Å². The van der Waals surface area contributed by atoms with E-state index in [1.165, 1.54) is 6.33 Å². The number of rotatable bonds is 4. The Balaban J connectivity index is 0.000000246. The van der Waals surface area contributed by atoms with Crippen LogP contribution in [0.5, 0.6) is 0 Å². The Morgan fingerprint density at radius 1 is 0.564 bits per heavy atom. The number of nitrogens with zero attached hydrogens (tertiary/aromatic N) is 8. The molecule has 0 atom stereocenters. The molecule has 0 aliphatic heterocycles. The molecule has 0 bridgehead atoms. The van der Waals surface area contributed by atoms with Crippen molar-refractivity contribution in [3.63, 3.8) is 0 Å². The Hall–Kier alpha value is -2.72. The Labute approximate surface area is 269 Å². The molecule has 6 aromatic rings. The average molecular weight is 725 g/mol. The molecular formula is C24H18Br3N10NaO. The summed E-state index contributed by atoms with van der Waals surface area (Å²) in [5.74, 6) is 1.21. The molecule has 39 heavy (non-hydrogen) atoms. The Kier molecular flexibility index (Phi) is 14.2. The predicted molar refractivity (Wildman–Crippen MR) is 153 cm³/mol. The molecule has 0 saturated carbocycles. The van der Waals surface area contributed by atoms with E-state index in [-0.39, 0.29) is 35.0 Å². The number of hydrogen-bond acceptors (Lipinski definition) is 9. The minimum absolute atomic E-state index is 0. The molecule has 0 amide bonds. The van der Waals surface area contributed by atoms with Gasteiger partial charge in [-0.15, -0.1) is 0 Å². The zero-order valence-corrected chi connectivity index (χ0v) is 27.1. The minimum atomic E-state index is 0. The van der Waals surface area contributed by atoms with Crippen molar-refractivity contribution in [2.24, 2.45) is 0 Å². The topological polar surface area (TPSA) is 165 Å². The molecule has 0 fully saturated rings. The van der Waals surface area contributed by atoms with Gasteiger partial charge in [-0.2, -0.15) is 15.2 Å². The first-order valence-corrected chi connectivity index (χ1v) is 15.1. The summed E-state index contributed by atoms with van der Waals surface area (Å²) in [5, 5.41) is 13.4. The number of halogens is 3. The van der Waals surface area contributed by atoms with Gasteiger partial charge in [0.05, 0.1) is 22.8 Å². The molecule has 0 unspecified atom stereocenters. The largest absolute Gasteiger partial charge is 1.00 e. The summed E-state index contributed by atoms with van der Waals surface area (Å²) in [4.78, 5) is 25.8. The van der Waals surface area contributed by atoms with Gasteiger partial charge in [0.15, 0.2) is 10.6 Å². The maximum atomic E-state index is 4.50. The van der Waals surface area contributed by atoms with Crippen LogP contribution in [0.15, 0.2) is 96.3 Å². The van der Waals surface area contributed by atoms with E-state index in [0.717, 1.165) is 28.5 Å². The van der Waals surface area contributed by atoms with Gasteiger partial charge in [-0.05, 0) is 64.5 Å². The zero-order valence-electron chi connectivity index (χ0n) is 20.3. The first-order valence-electron chi connectivity index (χ1n) is 10.6. The van der Waals surface area contributed by atoms with E-state index in [4.69, 9.17) is 0 Å². The van der Waals surface area contributed by atoms with Gasteiger partial charge in [0.1, 0.15) is 17.7 Å². The van der Waals surface area contributed by atoms with E-state index >= 15 is 0 Å². The number of hydrogen-bond donors (Lipinski definition) is 2. The van der Waals surface area contributed by atoms with Crippen molar-refractivity contribution in [2.45, 2.75) is 0 Å². The van der Waals surface area contributed by atoms with Crippen molar-refractivity contribution in [1.82, 2.24) is 50.3 Å². The molecule has 0 spiro atoms. The number of H-pyrrole nitrogens is 2. The quantitative estimate of drug-likeness (QED) is 0.260. The molecule has 192 valence electrons. The van der Waals surface area contributed by atoms with Crippen molar-refractivity contribution in [3.05, 3.63) is 96.3 Å². The second-order valence-corrected chi connectivity index (χ2v) is 7.78. The molecule has 15 heteroatoms. The van der Waals surface area contributed by atoms with E-state index in [9.17, 15) is 0 Å². The summed E-state index contributed by atoms with van der Waals surface area (Å²) in [6.07, 6.45) is 4.95. The number of aromatic amines is 2. The summed E-state index contributed by atoms with van der Waals surface area (Å²) >= 11 is 8.72. The fourth-order valence-corrected chi connectivity index (χ4v) is 3.38. The van der Waals surface area contributed by atoms with Gasteiger partial charge in [0.2, 0.25) is 5.82 Å². The summed E-state index contributed by atoms with van der Waals surface area (Å²) in [6, 6.07) is 22.9. The van der Waals surface area contributed by atoms with Gasteiger partial charge in [0.25, 0.3) is 0 Å². The zero-order chi connectivity index (χ0) is 25.9. The van der Waals surface area contributed by atoms with Crippen LogP contribution in [0.1, 0.15) is 0 Å². The van der Waals surface area contributed by atoms with E-state index in [0.29, 0.717) is 22.1 Å². The molecule has 0 radical (unpaired) electrons. The third-order valence-electron chi connectivity index (χ3n) is 4.70. The fourth-order valence-electron chi connectivity index (χ4n) is 3.13. The van der Waals surface area contributed by atoms with Crippen LogP contribution in [-0.4, -0.2) is 55.8 Å². The molecule has 0 aliphatic carbocycles. The molecule has 6 rings (SSSR count). The van der Waals surface area contributed by atoms with Gasteiger partial charge in [0, 0.05) is 40.6 Å². The van der Waals surface area contributed by atoms with Crippen molar-refractivity contribution >= 4 is 44.2 Å². The van der Waals surface area contributed by atoms with Crippen molar-refractivity contribution in [1.29, 1.82) is 0 Å². The molecule has 0 saturated heterocycles. The van der Waals surface area contributed by atoms with Crippen LogP contribution in [0, 0.1) is 0 Å². The SMILES string of the molecule is BrBr.Brc1nc(-c2cccc(-c3ccccn3)n2)n[nH]1.[Na+].[OH-].c1ccc(-c2cccc(-c3ncn[nH]3)n2)nc1. The van der Waals surface area contributed by atoms with Gasteiger partial charge < -0.3 is 5.48 Å². The smallest absolute Gasteiger partial charge is 0.870 e. The third-order valence-corrected chi connectivity index (χ3v) is 5.05. The number of pyridine rings is 4. The van der Waals surface area contributed by atoms with Crippen LogP contribution < -0.4 is 29.6 Å². The first-order chi connectivity index (χ1) is 18.3. The van der Waals surface area contributed by atoms with E-state index in [2.05, 4.69) is 94.5 Å². The van der Waals surface area contributed by atoms with Crippen LogP contribution in [0.4, 0.5) is 0 Å². The maximum Gasteiger partial charge on any atom is 1.00 e. The van der Waals surface area contributed by atoms with Crippen molar-refractivity contribution in [2.75, 3.05) is 0 Å². The minimum Gasteiger partial charge on any atom is -0.870 e. The van der Waals surface area contributed by atoms with Gasteiger partial charge in [-0.3, -0.25) is 20.2 Å².